The number of anilines is 1. The van der Waals surface area contributed by atoms with Gasteiger partial charge < -0.3 is 29.6 Å². The first-order valence-electron chi connectivity index (χ1n) is 10.1. The maximum atomic E-state index is 13.2. The molecule has 0 saturated carbocycles. The van der Waals surface area contributed by atoms with Crippen molar-refractivity contribution < 1.29 is 28.6 Å². The number of benzene rings is 1. The van der Waals surface area contributed by atoms with E-state index in [4.69, 9.17) is 9.15 Å². The minimum absolute atomic E-state index is 0.190. The topological polar surface area (TPSA) is 98.4 Å². The van der Waals surface area contributed by atoms with Crippen LogP contribution in [0.3, 0.4) is 0 Å². The van der Waals surface area contributed by atoms with Crippen LogP contribution in [0.1, 0.15) is 10.6 Å². The Morgan fingerprint density at radius 2 is 1.87 bits per heavy atom. The molecular formula is C21H26FN3O5. The number of hydrogen-bond acceptors (Lipinski definition) is 7. The Bertz CT molecular complexity index is 824. The average molecular weight is 419 g/mol. The van der Waals surface area contributed by atoms with Gasteiger partial charge in [0.15, 0.2) is 5.76 Å². The second-order valence-electron chi connectivity index (χ2n) is 7.56. The third-order valence-corrected chi connectivity index (χ3v) is 5.78. The van der Waals surface area contributed by atoms with Gasteiger partial charge in [0.25, 0.3) is 5.91 Å². The van der Waals surface area contributed by atoms with E-state index < -0.39 is 18.3 Å². The van der Waals surface area contributed by atoms with Crippen molar-refractivity contribution in [3.05, 3.63) is 54.2 Å². The Kier molecular flexibility index (Phi) is 6.33. The lowest BCUT2D eigenvalue weighted by Gasteiger charge is -2.41. The molecule has 2 aliphatic heterocycles. The van der Waals surface area contributed by atoms with Crippen LogP contribution >= 0.6 is 0 Å². The highest BCUT2D eigenvalue weighted by Gasteiger charge is 2.46. The van der Waals surface area contributed by atoms with Crippen molar-refractivity contribution >= 4 is 11.6 Å². The van der Waals surface area contributed by atoms with Gasteiger partial charge in [-0.3, -0.25) is 9.69 Å². The monoisotopic (exact) mass is 419 g/mol. The number of hydrogen-bond donors (Lipinski definition) is 3. The predicted molar refractivity (Wildman–Crippen MR) is 107 cm³/mol. The SMILES string of the molecule is O=C(NC[C@@H]1O[C@@H](CO)[C@@H](O)[C@H]1N1CCN(c2ccc(F)cc2)CC1)c1ccco1. The number of nitrogens with one attached hydrogen (secondary N) is 1. The first kappa shape index (κ1) is 20.8. The summed E-state index contributed by atoms with van der Waals surface area (Å²) in [5.41, 5.74) is 0.953. The third kappa shape index (κ3) is 4.34. The van der Waals surface area contributed by atoms with E-state index in [1.54, 1.807) is 24.3 Å². The highest BCUT2D eigenvalue weighted by Crippen LogP contribution is 2.27. The lowest BCUT2D eigenvalue weighted by Crippen LogP contribution is -2.57. The van der Waals surface area contributed by atoms with Crippen LogP contribution in [0.15, 0.2) is 47.1 Å². The van der Waals surface area contributed by atoms with Crippen LogP contribution in [-0.2, 0) is 4.74 Å². The highest BCUT2D eigenvalue weighted by molar-refractivity contribution is 5.91. The number of aliphatic hydroxyl groups excluding tert-OH is 2. The molecule has 0 radical (unpaired) electrons. The molecule has 4 atom stereocenters. The van der Waals surface area contributed by atoms with Gasteiger partial charge >= 0.3 is 0 Å². The molecule has 3 N–H and O–H groups in total. The van der Waals surface area contributed by atoms with E-state index in [1.807, 2.05) is 0 Å². The van der Waals surface area contributed by atoms with Gasteiger partial charge in [0, 0.05) is 38.4 Å². The molecule has 1 amide bonds. The molecule has 0 unspecified atom stereocenters. The number of ether oxygens (including phenoxy) is 1. The summed E-state index contributed by atoms with van der Waals surface area (Å²) in [7, 11) is 0. The summed E-state index contributed by atoms with van der Waals surface area (Å²) < 4.78 is 24.1. The Balaban J connectivity index is 1.38. The summed E-state index contributed by atoms with van der Waals surface area (Å²) in [6, 6.07) is 9.26. The van der Waals surface area contributed by atoms with Gasteiger partial charge in [-0.2, -0.15) is 0 Å². The second kappa shape index (κ2) is 9.13. The minimum atomic E-state index is -0.863. The van der Waals surface area contributed by atoms with Gasteiger partial charge in [-0.25, -0.2) is 4.39 Å². The number of rotatable bonds is 6. The zero-order chi connectivity index (χ0) is 21.1. The van der Waals surface area contributed by atoms with E-state index in [0.29, 0.717) is 26.2 Å². The summed E-state index contributed by atoms with van der Waals surface area (Å²) in [5, 5.41) is 23.1. The molecular weight excluding hydrogens is 393 g/mol. The van der Waals surface area contributed by atoms with Gasteiger partial charge in [0.05, 0.1) is 25.0 Å². The van der Waals surface area contributed by atoms with Gasteiger partial charge in [0.1, 0.15) is 18.0 Å². The number of carbonyl (C=O) groups excluding carboxylic acids is 1. The van der Waals surface area contributed by atoms with Crippen molar-refractivity contribution in [3.8, 4) is 0 Å². The molecule has 30 heavy (non-hydrogen) atoms. The fraction of sp³-hybridized carbons (Fsp3) is 0.476. The third-order valence-electron chi connectivity index (χ3n) is 5.78. The lowest BCUT2D eigenvalue weighted by atomic mass is 10.0. The zero-order valence-corrected chi connectivity index (χ0v) is 16.5. The molecule has 0 aliphatic carbocycles. The molecule has 1 aromatic carbocycles. The Labute approximate surface area is 173 Å². The van der Waals surface area contributed by atoms with Crippen LogP contribution in [-0.4, -0.2) is 84.7 Å². The normalized spacial score (nSPS) is 27.4. The zero-order valence-electron chi connectivity index (χ0n) is 16.5. The lowest BCUT2D eigenvalue weighted by molar-refractivity contribution is -0.0209. The van der Waals surface area contributed by atoms with Crippen LogP contribution < -0.4 is 10.2 Å². The van der Waals surface area contributed by atoms with E-state index in [9.17, 15) is 19.4 Å². The summed E-state index contributed by atoms with van der Waals surface area (Å²) in [5.74, 6) is -0.416. The smallest absolute Gasteiger partial charge is 0.287 e. The van der Waals surface area contributed by atoms with Crippen molar-refractivity contribution in [3.63, 3.8) is 0 Å². The maximum Gasteiger partial charge on any atom is 0.287 e. The van der Waals surface area contributed by atoms with Crippen molar-refractivity contribution in [2.24, 2.45) is 0 Å². The van der Waals surface area contributed by atoms with Gasteiger partial charge in [-0.1, -0.05) is 0 Å². The number of nitrogens with zero attached hydrogens (tertiary/aromatic N) is 2. The quantitative estimate of drug-likeness (QED) is 0.626. The van der Waals surface area contributed by atoms with Crippen LogP contribution in [0.4, 0.5) is 10.1 Å². The van der Waals surface area contributed by atoms with Crippen molar-refractivity contribution in [2.75, 3.05) is 44.2 Å². The standard InChI is InChI=1S/C21H26FN3O5/c22-14-3-5-15(6-4-14)24-7-9-25(10-8-24)19-17(30-18(13-26)20(19)27)12-23-21(28)16-2-1-11-29-16/h1-6,11,17-20,26-27H,7-10,12-13H2,(H,23,28)/t17-,18-,19-,20+/m0/s1. The fourth-order valence-electron chi connectivity index (χ4n) is 4.21. The van der Waals surface area contributed by atoms with Crippen LogP contribution in [0.5, 0.6) is 0 Å². The number of aliphatic hydroxyl groups is 2. The van der Waals surface area contributed by atoms with Crippen molar-refractivity contribution in [1.29, 1.82) is 0 Å². The predicted octanol–water partition coefficient (Wildman–Crippen LogP) is 0.460. The van der Waals surface area contributed by atoms with Gasteiger partial charge in [-0.05, 0) is 36.4 Å². The fourth-order valence-corrected chi connectivity index (χ4v) is 4.21. The maximum absolute atomic E-state index is 13.2. The first-order chi connectivity index (χ1) is 14.6. The summed E-state index contributed by atoms with van der Waals surface area (Å²) in [6.45, 7) is 2.66. The van der Waals surface area contributed by atoms with Crippen LogP contribution in [0, 0.1) is 5.82 Å². The summed E-state index contributed by atoms with van der Waals surface area (Å²) >= 11 is 0. The number of furan rings is 1. The Hall–Kier alpha value is -2.46. The molecule has 2 fully saturated rings. The summed E-state index contributed by atoms with van der Waals surface area (Å²) in [6.07, 6.45) is -0.599. The number of halogens is 1. The van der Waals surface area contributed by atoms with E-state index in [2.05, 4.69) is 15.1 Å². The van der Waals surface area contributed by atoms with E-state index >= 15 is 0 Å². The van der Waals surface area contributed by atoms with E-state index in [-0.39, 0.29) is 36.7 Å². The molecule has 2 aliphatic rings. The molecule has 162 valence electrons. The van der Waals surface area contributed by atoms with E-state index in [0.717, 1.165) is 5.69 Å². The van der Waals surface area contributed by atoms with Gasteiger partial charge in [-0.15, -0.1) is 0 Å². The average Bonchev–Trinajstić information content (AvgIpc) is 3.41. The Morgan fingerprint density at radius 3 is 2.50 bits per heavy atom. The summed E-state index contributed by atoms with van der Waals surface area (Å²) in [4.78, 5) is 16.5. The minimum Gasteiger partial charge on any atom is -0.459 e. The highest BCUT2D eigenvalue weighted by atomic mass is 19.1. The number of piperazine rings is 1. The molecule has 2 aromatic rings. The van der Waals surface area contributed by atoms with Gasteiger partial charge in [0.2, 0.25) is 0 Å². The van der Waals surface area contributed by atoms with Crippen molar-refractivity contribution in [2.45, 2.75) is 24.4 Å². The molecule has 8 nitrogen and oxygen atoms in total. The molecule has 4 rings (SSSR count). The molecule has 0 spiro atoms. The second-order valence-corrected chi connectivity index (χ2v) is 7.56. The number of carbonyl (C=O) groups is 1. The van der Waals surface area contributed by atoms with Crippen LogP contribution in [0.2, 0.25) is 0 Å². The number of amides is 1. The largest absolute Gasteiger partial charge is 0.459 e. The first-order valence-corrected chi connectivity index (χ1v) is 10.1. The molecule has 3 heterocycles. The molecule has 1 aromatic heterocycles. The van der Waals surface area contributed by atoms with Crippen molar-refractivity contribution in [1.82, 2.24) is 10.2 Å². The molecule has 0 bridgehead atoms. The van der Waals surface area contributed by atoms with E-state index in [1.165, 1.54) is 18.4 Å². The van der Waals surface area contributed by atoms with Crippen LogP contribution in [0.25, 0.3) is 0 Å². The molecule has 2 saturated heterocycles. The molecule has 9 heteroatoms. The Morgan fingerprint density at radius 1 is 1.13 bits per heavy atom.